The average Bonchev–Trinajstić information content (AvgIpc) is 2.79. The van der Waals surface area contributed by atoms with Crippen LogP contribution < -0.4 is 9.80 Å². The Kier molecular flexibility index (Phi) is 5.98. The molecule has 0 unspecified atom stereocenters. The lowest BCUT2D eigenvalue weighted by Gasteiger charge is -2.35. The second-order valence-electron chi connectivity index (χ2n) is 7.38. The molecule has 146 valence electrons. The third-order valence-corrected chi connectivity index (χ3v) is 5.47. The minimum absolute atomic E-state index is 0.181. The maximum atomic E-state index is 9.50. The normalized spacial score (nSPS) is 17.9. The van der Waals surface area contributed by atoms with Gasteiger partial charge in [0.15, 0.2) is 0 Å². The zero-order chi connectivity index (χ0) is 19.2. The minimum Gasteiger partial charge on any atom is -0.378 e. The van der Waals surface area contributed by atoms with E-state index < -0.39 is 0 Å². The van der Waals surface area contributed by atoms with E-state index in [9.17, 15) is 5.26 Å². The molecule has 28 heavy (non-hydrogen) atoms. The molecule has 1 aliphatic heterocycles. The number of rotatable bonds is 5. The molecule has 7 nitrogen and oxygen atoms in total. The van der Waals surface area contributed by atoms with E-state index in [1.807, 2.05) is 6.07 Å². The maximum Gasteiger partial charge on any atom is 0.238 e. The molecule has 2 fully saturated rings. The molecule has 0 spiro atoms. The van der Waals surface area contributed by atoms with E-state index in [-0.39, 0.29) is 5.82 Å². The second kappa shape index (κ2) is 8.98. The van der Waals surface area contributed by atoms with Crippen molar-refractivity contribution < 1.29 is 4.74 Å². The summed E-state index contributed by atoms with van der Waals surface area (Å²) in [6, 6.07) is 12.9. The zero-order valence-electron chi connectivity index (χ0n) is 16.1. The molecule has 1 saturated heterocycles. The minimum atomic E-state index is 0.181. The summed E-state index contributed by atoms with van der Waals surface area (Å²) in [5.74, 6) is 1.38. The van der Waals surface area contributed by atoms with E-state index in [0.29, 0.717) is 31.2 Å². The van der Waals surface area contributed by atoms with Gasteiger partial charge in [-0.25, -0.2) is 0 Å². The summed E-state index contributed by atoms with van der Waals surface area (Å²) in [4.78, 5) is 18.0. The van der Waals surface area contributed by atoms with Gasteiger partial charge in [-0.3, -0.25) is 0 Å². The largest absolute Gasteiger partial charge is 0.378 e. The Morgan fingerprint density at radius 3 is 2.50 bits per heavy atom. The summed E-state index contributed by atoms with van der Waals surface area (Å²) in [6.45, 7) is 3.51. The lowest BCUT2D eigenvalue weighted by Crippen LogP contribution is -2.40. The van der Waals surface area contributed by atoms with Gasteiger partial charge in [0.05, 0.1) is 13.2 Å². The molecular formula is C21H26N6O. The number of morpholine rings is 1. The van der Waals surface area contributed by atoms with E-state index >= 15 is 0 Å². The molecule has 0 bridgehead atoms. The SMILES string of the molecule is N#Cc1nc(N2CCOCC2)nc(N(Cc2ccccc2)C2CCCCC2)n1. The van der Waals surface area contributed by atoms with Crippen LogP contribution in [0.5, 0.6) is 0 Å². The number of hydrogen-bond acceptors (Lipinski definition) is 7. The molecule has 1 aromatic heterocycles. The highest BCUT2D eigenvalue weighted by Gasteiger charge is 2.26. The predicted octanol–water partition coefficient (Wildman–Crippen LogP) is 2.92. The quantitative estimate of drug-likeness (QED) is 0.791. The third-order valence-electron chi connectivity index (χ3n) is 5.47. The van der Waals surface area contributed by atoms with Gasteiger partial charge < -0.3 is 14.5 Å². The molecule has 1 saturated carbocycles. The van der Waals surface area contributed by atoms with E-state index in [1.54, 1.807) is 0 Å². The van der Waals surface area contributed by atoms with Gasteiger partial charge in [0, 0.05) is 25.7 Å². The van der Waals surface area contributed by atoms with Crippen LogP contribution in [0.4, 0.5) is 11.9 Å². The first-order valence-electron chi connectivity index (χ1n) is 10.1. The molecule has 4 rings (SSSR count). The number of anilines is 2. The van der Waals surface area contributed by atoms with Crippen LogP contribution in [0.2, 0.25) is 0 Å². The Morgan fingerprint density at radius 1 is 1.04 bits per heavy atom. The monoisotopic (exact) mass is 378 g/mol. The van der Waals surface area contributed by atoms with Crippen LogP contribution in [-0.2, 0) is 11.3 Å². The van der Waals surface area contributed by atoms with Gasteiger partial charge >= 0.3 is 0 Å². The van der Waals surface area contributed by atoms with E-state index in [0.717, 1.165) is 32.5 Å². The molecular weight excluding hydrogens is 352 g/mol. The first-order chi connectivity index (χ1) is 13.8. The van der Waals surface area contributed by atoms with Crippen LogP contribution in [0.25, 0.3) is 0 Å². The Bertz CT molecular complexity index is 809. The maximum absolute atomic E-state index is 9.50. The van der Waals surface area contributed by atoms with Crippen molar-refractivity contribution in [1.29, 1.82) is 5.26 Å². The number of hydrogen-bond donors (Lipinski definition) is 0. The van der Waals surface area contributed by atoms with Crippen LogP contribution in [0, 0.1) is 11.3 Å². The second-order valence-corrected chi connectivity index (χ2v) is 7.38. The van der Waals surface area contributed by atoms with E-state index in [1.165, 1.54) is 24.8 Å². The Morgan fingerprint density at radius 2 is 1.79 bits per heavy atom. The topological polar surface area (TPSA) is 78.2 Å². The van der Waals surface area contributed by atoms with Crippen LogP contribution in [-0.4, -0.2) is 47.3 Å². The standard InChI is InChI=1S/C21H26N6O/c22-15-19-23-20(26-11-13-28-14-12-26)25-21(24-19)27(18-9-5-2-6-10-18)16-17-7-3-1-4-8-17/h1,3-4,7-8,18H,2,5-6,9-14,16H2. The lowest BCUT2D eigenvalue weighted by atomic mass is 9.94. The van der Waals surface area contributed by atoms with Crippen LogP contribution >= 0.6 is 0 Å². The summed E-state index contributed by atoms with van der Waals surface area (Å²) < 4.78 is 5.44. The van der Waals surface area contributed by atoms with Crippen molar-refractivity contribution in [2.75, 3.05) is 36.1 Å². The fraction of sp³-hybridized carbons (Fsp3) is 0.524. The highest BCUT2D eigenvalue weighted by Crippen LogP contribution is 2.28. The molecule has 7 heteroatoms. The zero-order valence-corrected chi connectivity index (χ0v) is 16.1. The molecule has 2 heterocycles. The van der Waals surface area contributed by atoms with Gasteiger partial charge in [0.1, 0.15) is 6.07 Å². The predicted molar refractivity (Wildman–Crippen MR) is 107 cm³/mol. The molecule has 1 aromatic carbocycles. The number of benzene rings is 1. The first-order valence-corrected chi connectivity index (χ1v) is 10.1. The van der Waals surface area contributed by atoms with Crippen LogP contribution in [0.15, 0.2) is 30.3 Å². The van der Waals surface area contributed by atoms with Gasteiger partial charge in [-0.15, -0.1) is 0 Å². The average molecular weight is 378 g/mol. The molecule has 0 N–H and O–H groups in total. The highest BCUT2D eigenvalue weighted by molar-refractivity contribution is 5.43. The number of nitriles is 1. The highest BCUT2D eigenvalue weighted by atomic mass is 16.5. The van der Waals surface area contributed by atoms with Crippen LogP contribution in [0.1, 0.15) is 43.5 Å². The number of nitrogens with zero attached hydrogens (tertiary/aromatic N) is 6. The summed E-state index contributed by atoms with van der Waals surface area (Å²) in [6.07, 6.45) is 6.00. The van der Waals surface area contributed by atoms with Crippen molar-refractivity contribution in [3.8, 4) is 6.07 Å². The summed E-state index contributed by atoms with van der Waals surface area (Å²) in [5.41, 5.74) is 1.22. The van der Waals surface area contributed by atoms with Gasteiger partial charge in [0.25, 0.3) is 0 Å². The summed E-state index contributed by atoms with van der Waals surface area (Å²) in [5, 5.41) is 9.50. The summed E-state index contributed by atoms with van der Waals surface area (Å²) in [7, 11) is 0. The number of aromatic nitrogens is 3. The molecule has 0 radical (unpaired) electrons. The smallest absolute Gasteiger partial charge is 0.238 e. The van der Waals surface area contributed by atoms with Crippen molar-refractivity contribution in [3.05, 3.63) is 41.7 Å². The van der Waals surface area contributed by atoms with Crippen molar-refractivity contribution in [1.82, 2.24) is 15.0 Å². The number of ether oxygens (including phenoxy) is 1. The van der Waals surface area contributed by atoms with Crippen LogP contribution in [0.3, 0.4) is 0 Å². The van der Waals surface area contributed by atoms with Crippen molar-refractivity contribution >= 4 is 11.9 Å². The molecule has 2 aliphatic rings. The van der Waals surface area contributed by atoms with E-state index in [4.69, 9.17) is 9.72 Å². The van der Waals surface area contributed by atoms with Crippen molar-refractivity contribution in [3.63, 3.8) is 0 Å². The van der Waals surface area contributed by atoms with E-state index in [2.05, 4.69) is 50.1 Å². The van der Waals surface area contributed by atoms with Crippen molar-refractivity contribution in [2.45, 2.75) is 44.7 Å². The molecule has 1 aliphatic carbocycles. The third kappa shape index (κ3) is 4.39. The van der Waals surface area contributed by atoms with Gasteiger partial charge in [-0.1, -0.05) is 49.6 Å². The Hall–Kier alpha value is -2.72. The fourth-order valence-corrected chi connectivity index (χ4v) is 3.97. The summed E-state index contributed by atoms with van der Waals surface area (Å²) >= 11 is 0. The lowest BCUT2D eigenvalue weighted by molar-refractivity contribution is 0.122. The first kappa shape index (κ1) is 18.6. The Labute approximate surface area is 166 Å². The molecule has 0 amide bonds. The van der Waals surface area contributed by atoms with Gasteiger partial charge in [-0.2, -0.15) is 20.2 Å². The fourth-order valence-electron chi connectivity index (χ4n) is 3.97. The van der Waals surface area contributed by atoms with Crippen molar-refractivity contribution in [2.24, 2.45) is 0 Å². The molecule has 0 atom stereocenters. The Balaban J connectivity index is 1.68. The molecule has 2 aromatic rings. The van der Waals surface area contributed by atoms with Gasteiger partial charge in [0.2, 0.25) is 17.7 Å². The van der Waals surface area contributed by atoms with Gasteiger partial charge in [-0.05, 0) is 18.4 Å².